The van der Waals surface area contributed by atoms with E-state index < -0.39 is 21.0 Å². The number of aromatic nitrogens is 3. The van der Waals surface area contributed by atoms with E-state index >= 15 is 0 Å². The lowest BCUT2D eigenvalue weighted by Gasteiger charge is -2.36. The van der Waals surface area contributed by atoms with E-state index in [1.54, 1.807) is 13.1 Å². The number of nitrogens with one attached hydrogen (secondary N) is 1. The van der Waals surface area contributed by atoms with E-state index in [0.717, 1.165) is 35.7 Å². The number of nitrogens with zero attached hydrogens (tertiary/aromatic N) is 4. The first-order valence-corrected chi connectivity index (χ1v) is 16.1. The van der Waals surface area contributed by atoms with Crippen LogP contribution in [0, 0.1) is 0 Å². The molecule has 3 aromatic heterocycles. The zero-order valence-electron chi connectivity index (χ0n) is 24.1. The van der Waals surface area contributed by atoms with Crippen molar-refractivity contribution in [3.63, 3.8) is 0 Å². The highest BCUT2D eigenvalue weighted by Gasteiger charge is 2.31. The Kier molecular flexibility index (Phi) is 8.08. The number of pyridine rings is 3. The van der Waals surface area contributed by atoms with Gasteiger partial charge in [0, 0.05) is 40.8 Å². The molecule has 5 heterocycles. The second kappa shape index (κ2) is 11.8. The van der Waals surface area contributed by atoms with Gasteiger partial charge >= 0.3 is 0 Å². The van der Waals surface area contributed by atoms with Gasteiger partial charge in [-0.1, -0.05) is 17.7 Å². The molecule has 0 saturated carbocycles. The molecule has 12 heteroatoms. The van der Waals surface area contributed by atoms with E-state index in [2.05, 4.69) is 29.0 Å². The second-order valence-electron chi connectivity index (χ2n) is 11.1. The molecule has 2 aliphatic rings. The highest BCUT2D eigenvalue weighted by molar-refractivity contribution is 7.92. The summed E-state index contributed by atoms with van der Waals surface area (Å²) in [7, 11) is -3.69. The van der Waals surface area contributed by atoms with Crippen LogP contribution in [0.15, 0.2) is 59.6 Å². The van der Waals surface area contributed by atoms with Crippen molar-refractivity contribution >= 4 is 44.1 Å². The Morgan fingerprint density at radius 1 is 1.05 bits per heavy atom. The van der Waals surface area contributed by atoms with Crippen LogP contribution in [0.3, 0.4) is 0 Å². The Balaban J connectivity index is 1.21. The smallest absolute Gasteiger partial charge is 0.251 e. The van der Waals surface area contributed by atoms with Crippen molar-refractivity contribution in [1.82, 2.24) is 20.3 Å². The summed E-state index contributed by atoms with van der Waals surface area (Å²) >= 11 is 6.39. The molecule has 10 nitrogen and oxygen atoms in total. The number of ether oxygens (including phenoxy) is 2. The van der Waals surface area contributed by atoms with Crippen molar-refractivity contribution in [3.05, 3.63) is 76.6 Å². The fourth-order valence-corrected chi connectivity index (χ4v) is 7.29. The molecule has 1 amide bonds. The van der Waals surface area contributed by atoms with Crippen LogP contribution < -0.4 is 10.2 Å². The summed E-state index contributed by atoms with van der Waals surface area (Å²) in [6.45, 7) is 7.49. The number of anilines is 1. The molecule has 1 saturated heterocycles. The fourth-order valence-electron chi connectivity index (χ4n) is 5.45. The maximum absolute atomic E-state index is 13.1. The average Bonchev–Trinajstić information content (AvgIpc) is 3.10. The van der Waals surface area contributed by atoms with Crippen molar-refractivity contribution < 1.29 is 22.7 Å². The number of fused-ring (bicyclic) bond motifs is 2. The van der Waals surface area contributed by atoms with Gasteiger partial charge in [-0.25, -0.2) is 18.4 Å². The SMILES string of the molecule is C[C@@H]1CN(c2cccc(-c3ccc4cnc(CNC(=O)c5cc(Cl)c6c(c5)S(=O)(=O)[C@@H](C)COC6)cc4n3)n2)C[C@H](C)O1. The highest BCUT2D eigenvalue weighted by Crippen LogP contribution is 2.32. The largest absolute Gasteiger partial charge is 0.375 e. The Hall–Kier alpha value is -3.64. The minimum atomic E-state index is -3.69. The number of halogens is 1. The molecule has 1 fully saturated rings. The number of carbonyl (C=O) groups excluding carboxylic acids is 1. The molecule has 3 atom stereocenters. The van der Waals surface area contributed by atoms with Crippen molar-refractivity contribution in [2.45, 2.75) is 56.3 Å². The molecule has 0 spiro atoms. The van der Waals surface area contributed by atoms with E-state index in [-0.39, 0.29) is 47.4 Å². The maximum Gasteiger partial charge on any atom is 0.251 e. The van der Waals surface area contributed by atoms with Gasteiger partial charge in [0.25, 0.3) is 5.91 Å². The minimum absolute atomic E-state index is 0.0334. The van der Waals surface area contributed by atoms with E-state index in [0.29, 0.717) is 16.8 Å². The summed E-state index contributed by atoms with van der Waals surface area (Å²) in [5, 5.41) is 3.11. The molecule has 224 valence electrons. The monoisotopic (exact) mass is 621 g/mol. The molecular weight excluding hydrogens is 590 g/mol. The Labute approximate surface area is 255 Å². The number of hydrogen-bond donors (Lipinski definition) is 1. The summed E-state index contributed by atoms with van der Waals surface area (Å²) in [6, 6.07) is 14.4. The zero-order chi connectivity index (χ0) is 30.3. The number of carbonyl (C=O) groups is 1. The summed E-state index contributed by atoms with van der Waals surface area (Å²) in [4.78, 5) is 29.6. The predicted molar refractivity (Wildman–Crippen MR) is 164 cm³/mol. The molecule has 0 aliphatic carbocycles. The third-order valence-electron chi connectivity index (χ3n) is 7.65. The van der Waals surface area contributed by atoms with Gasteiger partial charge in [-0.15, -0.1) is 0 Å². The lowest BCUT2D eigenvalue weighted by atomic mass is 10.1. The van der Waals surface area contributed by atoms with Gasteiger partial charge in [-0.05, 0) is 63.2 Å². The van der Waals surface area contributed by atoms with Gasteiger partial charge in [-0.3, -0.25) is 9.78 Å². The van der Waals surface area contributed by atoms with Gasteiger partial charge in [0.1, 0.15) is 5.82 Å². The molecule has 1 aromatic carbocycles. The van der Waals surface area contributed by atoms with E-state index in [9.17, 15) is 13.2 Å². The van der Waals surface area contributed by atoms with Crippen LogP contribution in [0.1, 0.15) is 42.4 Å². The molecule has 2 aliphatic heterocycles. The van der Waals surface area contributed by atoms with Gasteiger partial charge < -0.3 is 19.7 Å². The van der Waals surface area contributed by atoms with Gasteiger partial charge in [0.05, 0.1) is 64.7 Å². The summed E-state index contributed by atoms with van der Waals surface area (Å²) < 4.78 is 37.4. The van der Waals surface area contributed by atoms with Gasteiger partial charge in [-0.2, -0.15) is 0 Å². The van der Waals surface area contributed by atoms with Crippen LogP contribution in [0.25, 0.3) is 22.3 Å². The number of hydrogen-bond acceptors (Lipinski definition) is 9. The maximum atomic E-state index is 13.1. The normalized spacial score (nSPS) is 21.7. The first kappa shape index (κ1) is 29.4. The minimum Gasteiger partial charge on any atom is -0.375 e. The van der Waals surface area contributed by atoms with Crippen LogP contribution >= 0.6 is 11.6 Å². The molecule has 0 radical (unpaired) electrons. The van der Waals surface area contributed by atoms with E-state index in [1.165, 1.54) is 12.1 Å². The topological polar surface area (TPSA) is 124 Å². The Morgan fingerprint density at radius 3 is 2.60 bits per heavy atom. The number of sulfone groups is 1. The van der Waals surface area contributed by atoms with Crippen molar-refractivity contribution in [1.29, 1.82) is 0 Å². The number of benzene rings is 1. The van der Waals surface area contributed by atoms with E-state index in [4.69, 9.17) is 31.0 Å². The van der Waals surface area contributed by atoms with Crippen LogP contribution in [-0.4, -0.2) is 66.4 Å². The standard InChI is InChI=1S/C31H32ClN5O5S/c1-18-14-37(15-19(2)42-18)30-6-4-5-26(36-30)27-8-7-21-12-33-23(11-28(21)35-27)13-34-31(38)22-9-25(32)24-17-41-16-20(3)43(39,40)29(24)10-22/h4-12,18-20H,13-17H2,1-3H3,(H,34,38)/t18-,19+,20-/m0/s1. The third-order valence-corrected chi connectivity index (χ3v) is 10.2. The lowest BCUT2D eigenvalue weighted by Crippen LogP contribution is -2.45. The summed E-state index contributed by atoms with van der Waals surface area (Å²) in [5.74, 6) is 0.418. The van der Waals surface area contributed by atoms with E-state index in [1.807, 2.05) is 36.4 Å². The third kappa shape index (κ3) is 6.08. The van der Waals surface area contributed by atoms with Crippen molar-refractivity contribution in [2.75, 3.05) is 24.6 Å². The summed E-state index contributed by atoms with van der Waals surface area (Å²) in [6.07, 6.45) is 1.96. The van der Waals surface area contributed by atoms with Crippen LogP contribution in [-0.2, 0) is 32.5 Å². The zero-order valence-corrected chi connectivity index (χ0v) is 25.7. The molecule has 4 aromatic rings. The first-order chi connectivity index (χ1) is 20.6. The Bertz CT molecular complexity index is 1810. The number of morpholine rings is 1. The van der Waals surface area contributed by atoms with Gasteiger partial charge in [0.2, 0.25) is 0 Å². The predicted octanol–water partition coefficient (Wildman–Crippen LogP) is 4.58. The average molecular weight is 622 g/mol. The van der Waals surface area contributed by atoms with Crippen molar-refractivity contribution in [2.24, 2.45) is 0 Å². The highest BCUT2D eigenvalue weighted by atomic mass is 35.5. The molecule has 6 rings (SSSR count). The first-order valence-electron chi connectivity index (χ1n) is 14.1. The Morgan fingerprint density at radius 2 is 1.81 bits per heavy atom. The summed E-state index contributed by atoms with van der Waals surface area (Å²) in [5.41, 5.74) is 3.31. The van der Waals surface area contributed by atoms with Crippen LogP contribution in [0.2, 0.25) is 5.02 Å². The van der Waals surface area contributed by atoms with Crippen LogP contribution in [0.4, 0.5) is 5.82 Å². The molecule has 0 unspecified atom stereocenters. The quantitative estimate of drug-likeness (QED) is 0.341. The molecule has 0 bridgehead atoms. The lowest BCUT2D eigenvalue weighted by molar-refractivity contribution is -0.00545. The second-order valence-corrected chi connectivity index (χ2v) is 13.8. The van der Waals surface area contributed by atoms with Gasteiger partial charge in [0.15, 0.2) is 9.84 Å². The van der Waals surface area contributed by atoms with Crippen molar-refractivity contribution in [3.8, 4) is 11.4 Å². The number of amides is 1. The molecular formula is C31H32ClN5O5S. The number of rotatable bonds is 5. The fraction of sp³-hybridized carbons (Fsp3) is 0.355. The molecule has 43 heavy (non-hydrogen) atoms. The van der Waals surface area contributed by atoms with Crippen LogP contribution in [0.5, 0.6) is 0 Å². The molecule has 1 N–H and O–H groups in total.